The largest absolute Gasteiger partial charge is 0.300 e. The van der Waals surface area contributed by atoms with Crippen molar-refractivity contribution in [1.29, 1.82) is 0 Å². The topological polar surface area (TPSA) is 3.24 Å². The molecule has 1 nitrogen and oxygen atoms in total. The maximum atomic E-state index is 5.48. The van der Waals surface area contributed by atoms with Crippen LogP contribution in [0.15, 0.2) is 11.6 Å². The van der Waals surface area contributed by atoms with Crippen LogP contribution in [0.3, 0.4) is 0 Å². The van der Waals surface area contributed by atoms with Gasteiger partial charge in [-0.1, -0.05) is 17.7 Å². The Hall–Kier alpha value is -0.0100. The first-order valence-corrected chi connectivity index (χ1v) is 5.26. The second-order valence-electron chi connectivity index (χ2n) is 4.16. The van der Waals surface area contributed by atoms with Crippen molar-refractivity contribution in [1.82, 2.24) is 4.90 Å². The van der Waals surface area contributed by atoms with Crippen LogP contribution in [0.1, 0.15) is 25.7 Å². The van der Waals surface area contributed by atoms with E-state index in [9.17, 15) is 0 Å². The molecule has 1 heterocycles. The molecule has 0 aromatic heterocycles. The molecule has 0 aromatic rings. The maximum absolute atomic E-state index is 5.48. The van der Waals surface area contributed by atoms with Crippen LogP contribution in [0, 0.1) is 5.41 Å². The summed E-state index contributed by atoms with van der Waals surface area (Å²) in [6, 6.07) is 0. The van der Waals surface area contributed by atoms with Gasteiger partial charge in [0.1, 0.15) is 0 Å². The molecule has 2 fully saturated rings. The van der Waals surface area contributed by atoms with Crippen molar-refractivity contribution in [2.75, 3.05) is 19.6 Å². The van der Waals surface area contributed by atoms with E-state index in [1.807, 2.05) is 6.08 Å². The van der Waals surface area contributed by atoms with E-state index < -0.39 is 0 Å². The Kier molecular flexibility index (Phi) is 2.42. The number of halogens is 1. The molecule has 0 aromatic carbocycles. The molecule has 0 radical (unpaired) electrons. The third kappa shape index (κ3) is 1.83. The van der Waals surface area contributed by atoms with Crippen LogP contribution in [0.25, 0.3) is 0 Å². The highest BCUT2D eigenvalue weighted by atomic mass is 35.5. The fraction of sp³-hybridized carbons (Fsp3) is 0.800. The molecule has 1 saturated carbocycles. The molecular formula is C10H16ClN. The monoisotopic (exact) mass is 185 g/mol. The van der Waals surface area contributed by atoms with Crippen LogP contribution in [-0.2, 0) is 0 Å². The molecule has 12 heavy (non-hydrogen) atoms. The Bertz CT molecular complexity index is 174. The standard InChI is InChI=1S/C10H16ClN/c11-6-1-7-12-8-4-10(2-3-10)5-9-12/h1,6H,2-5,7-9H2/b6-1+. The molecule has 0 N–H and O–H groups in total. The van der Waals surface area contributed by atoms with Crippen molar-refractivity contribution >= 4 is 11.6 Å². The summed E-state index contributed by atoms with van der Waals surface area (Å²) in [7, 11) is 0. The predicted octanol–water partition coefficient (Wildman–Crippen LogP) is 2.61. The van der Waals surface area contributed by atoms with Gasteiger partial charge in [0.15, 0.2) is 0 Å². The van der Waals surface area contributed by atoms with Crippen molar-refractivity contribution in [3.63, 3.8) is 0 Å². The van der Waals surface area contributed by atoms with E-state index in [4.69, 9.17) is 11.6 Å². The average molecular weight is 186 g/mol. The van der Waals surface area contributed by atoms with E-state index in [0.29, 0.717) is 0 Å². The minimum Gasteiger partial charge on any atom is -0.300 e. The molecule has 1 saturated heterocycles. The molecule has 2 rings (SSSR count). The van der Waals surface area contributed by atoms with Gasteiger partial charge >= 0.3 is 0 Å². The van der Waals surface area contributed by atoms with Gasteiger partial charge in [-0.2, -0.15) is 0 Å². The van der Waals surface area contributed by atoms with E-state index in [0.717, 1.165) is 12.0 Å². The van der Waals surface area contributed by atoms with E-state index in [1.54, 1.807) is 5.54 Å². The predicted molar refractivity (Wildman–Crippen MR) is 52.3 cm³/mol. The number of piperidine rings is 1. The number of rotatable bonds is 2. The zero-order valence-electron chi connectivity index (χ0n) is 7.43. The summed E-state index contributed by atoms with van der Waals surface area (Å²) in [6.07, 6.45) is 7.86. The van der Waals surface area contributed by atoms with Gasteiger partial charge in [-0.15, -0.1) is 0 Å². The van der Waals surface area contributed by atoms with Crippen LogP contribution in [0.4, 0.5) is 0 Å². The van der Waals surface area contributed by atoms with Crippen molar-refractivity contribution < 1.29 is 0 Å². The first-order chi connectivity index (χ1) is 5.85. The SMILES string of the molecule is Cl/C=C/CN1CCC2(CC1)CC2. The van der Waals surface area contributed by atoms with E-state index >= 15 is 0 Å². The molecule has 0 amide bonds. The fourth-order valence-electron chi connectivity index (χ4n) is 2.08. The molecule has 1 spiro atoms. The lowest BCUT2D eigenvalue weighted by Gasteiger charge is -2.31. The molecule has 2 heteroatoms. The van der Waals surface area contributed by atoms with Gasteiger partial charge in [0.25, 0.3) is 0 Å². The second kappa shape index (κ2) is 3.39. The van der Waals surface area contributed by atoms with Crippen molar-refractivity contribution in [2.24, 2.45) is 5.41 Å². The van der Waals surface area contributed by atoms with Gasteiger partial charge in [-0.05, 0) is 44.2 Å². The minimum atomic E-state index is 0.807. The van der Waals surface area contributed by atoms with Gasteiger partial charge in [0, 0.05) is 12.1 Å². The van der Waals surface area contributed by atoms with E-state index in [1.165, 1.54) is 38.8 Å². The third-order valence-electron chi connectivity index (χ3n) is 3.33. The highest BCUT2D eigenvalue weighted by molar-refractivity contribution is 6.25. The summed E-state index contributed by atoms with van der Waals surface area (Å²) >= 11 is 5.48. The van der Waals surface area contributed by atoms with E-state index in [2.05, 4.69) is 4.90 Å². The van der Waals surface area contributed by atoms with Gasteiger partial charge in [0.2, 0.25) is 0 Å². The lowest BCUT2D eigenvalue weighted by atomic mass is 9.94. The van der Waals surface area contributed by atoms with Crippen LogP contribution < -0.4 is 0 Å². The summed E-state index contributed by atoms with van der Waals surface area (Å²) in [5.41, 5.74) is 2.43. The van der Waals surface area contributed by atoms with Gasteiger partial charge < -0.3 is 0 Å². The lowest BCUT2D eigenvalue weighted by molar-refractivity contribution is 0.188. The highest BCUT2D eigenvalue weighted by Crippen LogP contribution is 2.53. The zero-order chi connectivity index (χ0) is 8.44. The number of nitrogens with zero attached hydrogens (tertiary/aromatic N) is 1. The van der Waals surface area contributed by atoms with Crippen LogP contribution in [-0.4, -0.2) is 24.5 Å². The first-order valence-electron chi connectivity index (χ1n) is 4.82. The normalized spacial score (nSPS) is 28.4. The first kappa shape index (κ1) is 8.58. The summed E-state index contributed by atoms with van der Waals surface area (Å²) in [5, 5.41) is 0. The van der Waals surface area contributed by atoms with Gasteiger partial charge in [0.05, 0.1) is 0 Å². The molecular weight excluding hydrogens is 170 g/mol. The quantitative estimate of drug-likeness (QED) is 0.640. The Balaban J connectivity index is 1.74. The minimum absolute atomic E-state index is 0.807. The van der Waals surface area contributed by atoms with Gasteiger partial charge in [-0.25, -0.2) is 0 Å². The Morgan fingerprint density at radius 1 is 1.17 bits per heavy atom. The van der Waals surface area contributed by atoms with Crippen molar-refractivity contribution in [3.8, 4) is 0 Å². The number of likely N-dealkylation sites (tertiary alicyclic amines) is 1. The molecule has 1 aliphatic carbocycles. The fourth-order valence-corrected chi connectivity index (χ4v) is 2.16. The lowest BCUT2D eigenvalue weighted by Crippen LogP contribution is -2.34. The van der Waals surface area contributed by atoms with Crippen LogP contribution in [0.5, 0.6) is 0 Å². The summed E-state index contributed by atoms with van der Waals surface area (Å²) in [4.78, 5) is 2.49. The number of hydrogen-bond donors (Lipinski definition) is 0. The van der Waals surface area contributed by atoms with E-state index in [-0.39, 0.29) is 0 Å². The molecule has 2 aliphatic rings. The summed E-state index contributed by atoms with van der Waals surface area (Å²) in [5.74, 6) is 0. The molecule has 0 bridgehead atoms. The molecule has 1 aliphatic heterocycles. The number of hydrogen-bond acceptors (Lipinski definition) is 1. The Labute approximate surface area is 79.4 Å². The summed E-state index contributed by atoms with van der Waals surface area (Å²) in [6.45, 7) is 3.60. The Morgan fingerprint density at radius 3 is 2.33 bits per heavy atom. The second-order valence-corrected chi connectivity index (χ2v) is 4.41. The maximum Gasteiger partial charge on any atom is 0.0174 e. The van der Waals surface area contributed by atoms with Crippen LogP contribution in [0.2, 0.25) is 0 Å². The Morgan fingerprint density at radius 2 is 1.83 bits per heavy atom. The molecule has 0 atom stereocenters. The summed E-state index contributed by atoms with van der Waals surface area (Å²) < 4.78 is 0. The van der Waals surface area contributed by atoms with Gasteiger partial charge in [-0.3, -0.25) is 4.90 Å². The highest BCUT2D eigenvalue weighted by Gasteiger charge is 2.43. The molecule has 0 unspecified atom stereocenters. The average Bonchev–Trinajstić information content (AvgIpc) is 2.85. The van der Waals surface area contributed by atoms with Crippen LogP contribution >= 0.6 is 11.6 Å². The third-order valence-corrected chi connectivity index (χ3v) is 3.50. The van der Waals surface area contributed by atoms with Crippen molar-refractivity contribution in [3.05, 3.63) is 11.6 Å². The van der Waals surface area contributed by atoms with Crippen molar-refractivity contribution in [2.45, 2.75) is 25.7 Å². The molecule has 68 valence electrons. The zero-order valence-corrected chi connectivity index (χ0v) is 8.19. The smallest absolute Gasteiger partial charge is 0.0174 e.